The van der Waals surface area contributed by atoms with Gasteiger partial charge in [-0.25, -0.2) is 4.85 Å². The van der Waals surface area contributed by atoms with Crippen LogP contribution in [0.3, 0.4) is 0 Å². The summed E-state index contributed by atoms with van der Waals surface area (Å²) < 4.78 is 9.88. The van der Waals surface area contributed by atoms with Crippen molar-refractivity contribution < 1.29 is 48.6 Å². The van der Waals surface area contributed by atoms with Gasteiger partial charge < -0.3 is 38.6 Å². The number of nitrogens with one attached hydrogen (secondary N) is 1. The van der Waals surface area contributed by atoms with E-state index in [4.69, 9.17) is 49.3 Å². The van der Waals surface area contributed by atoms with Crippen LogP contribution in [0.25, 0.3) is 14.6 Å². The number of aliphatic imine (C=N–C) groups is 2. The van der Waals surface area contributed by atoms with Gasteiger partial charge in [0.05, 0.1) is 12.3 Å². The molecule has 16 N–H and O–H groups in total. The molecular formula is C57H64Br7N10O6Se3V. The van der Waals surface area contributed by atoms with Gasteiger partial charge in [0.15, 0.2) is 0 Å². The van der Waals surface area contributed by atoms with Crippen molar-refractivity contribution >= 4 is 231 Å². The molecule has 0 aliphatic carbocycles. The molecule has 0 saturated carbocycles. The third-order valence-corrected chi connectivity index (χ3v) is 14.4. The van der Waals surface area contributed by atoms with E-state index in [2.05, 4.69) is 188 Å². The number of hydrogen-bond donors (Lipinski definition) is 8. The molecule has 2 radical (unpaired) electrons. The molecule has 0 saturated heterocycles. The molecule has 84 heavy (non-hydrogen) atoms. The monoisotopic (exact) mass is 1830 g/mol. The van der Waals surface area contributed by atoms with Crippen molar-refractivity contribution in [2.75, 3.05) is 22.5 Å². The Bertz CT molecular complexity index is 3330. The molecule has 0 unspecified atom stereocenters. The van der Waals surface area contributed by atoms with Crippen molar-refractivity contribution in [3.8, 4) is 0 Å². The van der Waals surface area contributed by atoms with Gasteiger partial charge in [-0.05, 0) is 107 Å². The second-order valence-corrected chi connectivity index (χ2v) is 23.7. The first-order chi connectivity index (χ1) is 38.2. The van der Waals surface area contributed by atoms with Crippen LogP contribution in [0.4, 0.5) is 38.8 Å². The molecule has 8 aromatic rings. The smallest absolute Gasteiger partial charge is 0.290 e. The Hall–Kier alpha value is -4.02. The van der Waals surface area contributed by atoms with Gasteiger partial charge in [0, 0.05) is 78.5 Å². The molecule has 0 aliphatic heterocycles. The zero-order valence-corrected chi connectivity index (χ0v) is 64.2. The third-order valence-electron chi connectivity index (χ3n) is 8.96. The number of aromatic nitrogens is 1. The van der Waals surface area contributed by atoms with E-state index >= 15 is 0 Å². The summed E-state index contributed by atoms with van der Waals surface area (Å²) in [6.07, 6.45) is 0.662. The van der Waals surface area contributed by atoms with Crippen LogP contribution < -0.4 is 34.4 Å². The minimum absolute atomic E-state index is 0. The van der Waals surface area contributed by atoms with Gasteiger partial charge in [0.25, 0.3) is 12.4 Å². The minimum Gasteiger partial charge on any atom is -0.483 e. The Morgan fingerprint density at radius 2 is 1.06 bits per heavy atom. The molecule has 0 fully saturated rings. The number of carboxylic acids is 1. The van der Waals surface area contributed by atoms with E-state index in [9.17, 15) is 4.79 Å². The van der Waals surface area contributed by atoms with E-state index in [1.54, 1.807) is 0 Å². The molecule has 1 amide bonds. The van der Waals surface area contributed by atoms with Gasteiger partial charge in [-0.3, -0.25) is 14.4 Å². The van der Waals surface area contributed by atoms with Crippen LogP contribution >= 0.6 is 108 Å². The number of nitrogens with zero attached hydrogens (tertiary/aromatic N) is 4. The zero-order valence-electron chi connectivity index (χ0n) is 46.6. The van der Waals surface area contributed by atoms with Gasteiger partial charge in [-0.2, -0.15) is 0 Å². The average Bonchev–Trinajstić information content (AvgIpc) is 3.85. The van der Waals surface area contributed by atoms with E-state index in [0.29, 0.717) is 16.8 Å². The number of hydrogen-bond acceptors (Lipinski definition) is 10. The van der Waals surface area contributed by atoms with E-state index in [0.717, 1.165) is 73.5 Å². The molecular weight excluding hydrogens is 1770 g/mol. The fraction of sp³-hybridized carbons (Fsp3) is 0.140. The Kier molecular flexibility index (Phi) is 55.1. The van der Waals surface area contributed by atoms with Crippen LogP contribution in [-0.2, 0) is 32.9 Å². The van der Waals surface area contributed by atoms with Crippen molar-refractivity contribution in [2.45, 2.75) is 55.4 Å². The van der Waals surface area contributed by atoms with Gasteiger partial charge in [0.1, 0.15) is 0 Å². The first-order valence-electron chi connectivity index (χ1n) is 22.8. The van der Waals surface area contributed by atoms with Crippen LogP contribution in [-0.4, -0.2) is 95.1 Å². The number of aryl methyl sites for hydroxylation is 7. The van der Waals surface area contributed by atoms with E-state index in [1.807, 2.05) is 163 Å². The van der Waals surface area contributed by atoms with Crippen LogP contribution in [0.15, 0.2) is 166 Å². The number of anilines is 4. The molecule has 1 aromatic heterocycles. The predicted octanol–water partition coefficient (Wildman–Crippen LogP) is 15.9. The summed E-state index contributed by atoms with van der Waals surface area (Å²) in [6.45, 7) is 21.8. The number of carboxylic acid groups (broad SMARTS) is 2. The van der Waals surface area contributed by atoms with Crippen molar-refractivity contribution in [2.24, 2.45) is 15.7 Å². The van der Waals surface area contributed by atoms with Crippen LogP contribution in [0, 0.1) is 55.0 Å². The molecule has 0 aliphatic rings. The van der Waals surface area contributed by atoms with Crippen molar-refractivity contribution in [1.82, 2.24) is 11.1 Å². The first kappa shape index (κ1) is 88.7. The summed E-state index contributed by atoms with van der Waals surface area (Å²) in [4.78, 5) is 43.1. The van der Waals surface area contributed by atoms with Gasteiger partial charge in [-0.1, -0.05) is 69.5 Å². The molecule has 450 valence electrons. The quantitative estimate of drug-likeness (QED) is 0.0204. The van der Waals surface area contributed by atoms with Crippen molar-refractivity contribution in [3.63, 3.8) is 0 Å². The number of aliphatic carboxylic acids is 1. The maximum Gasteiger partial charge on any atom is 0.290 e. The zero-order chi connectivity index (χ0) is 62.2. The predicted molar refractivity (Wildman–Crippen MR) is 377 cm³/mol. The van der Waals surface area contributed by atoms with E-state index in [-0.39, 0.29) is 51.2 Å². The summed E-state index contributed by atoms with van der Waals surface area (Å²) in [7, 11) is 0. The van der Waals surface area contributed by atoms with Crippen molar-refractivity contribution in [1.29, 1.82) is 0 Å². The van der Waals surface area contributed by atoms with E-state index < -0.39 is 5.97 Å². The Morgan fingerprint density at radius 1 is 0.667 bits per heavy atom. The number of nitrogens with two attached hydrogens (primary N) is 4. The average molecular weight is 1830 g/mol. The molecule has 0 atom stereocenters. The summed E-state index contributed by atoms with van der Waals surface area (Å²) in [6, 6.07) is 43.2. The number of carbonyl (C=O) groups excluding carboxylic acids is 1. The standard InChI is InChI=1S/C8H8BrN2Se.C8H8BrNO.C8H6BrNSe.C8H6BrN.C8H8N2Se.C7H8BrN.C7H9N.C2H4O2.CH2O2.Br2.H3N.H2O.V/c1-5-2-3-7(6(9)4-5)11-8(10)12;2*1-6-2-3-8(10-5-11)7(9)4-6;1-6-3-4-8(10-2)7(9)5-6;1-5-2-3-6-7(4-5)11-8(9)10-6;1-5-2-3-7(9)6(8)4-5;1-6-2-4-7(8)5-3-6;1-2(3)4;2-1-3;1-2;;;/h2-4H,1H3,(H2,10,11);2-5H,1H3,(H,10,11);2-4H,1H3;3-5H,1H3;2-4H,1H3,(H2,9,10);2-4H,9H2,1H3;2-5H,8H2,1H3;1H3,(H,3,4);1H,(H,2,3);;1H3;1H2;. The topological polar surface area (TPSA) is 316 Å². The summed E-state index contributed by atoms with van der Waals surface area (Å²) in [5.41, 5.74) is 36.4. The van der Waals surface area contributed by atoms with Gasteiger partial charge >= 0.3 is 241 Å². The number of rotatable bonds is 4. The third kappa shape index (κ3) is 42.7. The molecule has 0 bridgehead atoms. The van der Waals surface area contributed by atoms with Crippen LogP contribution in [0.5, 0.6) is 0 Å². The molecule has 7 aromatic carbocycles. The number of fused-ring (bicyclic) bond motifs is 1. The van der Waals surface area contributed by atoms with Gasteiger partial charge in [0.2, 0.25) is 12.1 Å². The molecule has 16 nitrogen and oxygen atoms in total. The molecule has 8 rings (SSSR count). The minimum atomic E-state index is -0.833. The number of benzene rings is 7. The maximum absolute atomic E-state index is 10.1. The van der Waals surface area contributed by atoms with Gasteiger partial charge in [-0.15, -0.1) is 0 Å². The molecule has 0 spiro atoms. The SMILES string of the molecule is BrBr.CC(=O)O.Cc1ccc(N)c(Br)c1.Cc1ccc(N)cc1.Cc1ccc(N=C(N)[Se])c(Br)c1.Cc1ccc(N=C=[Se])c(Br)c1.Cc1ccc(NC=O)c(Br)c1.Cc1ccc2nc(N)[se]c2c1.N.O.O=CO.[C-]#[N+]c1ccc(C)cc1Br.[V]. The summed E-state index contributed by atoms with van der Waals surface area (Å²) >= 11 is 27.8. The number of amidine groups is 1. The largest absolute Gasteiger partial charge is 0.483 e. The molecule has 1 heterocycles. The summed E-state index contributed by atoms with van der Waals surface area (Å²) in [5, 5.41) is 16.9. The first-order valence-corrected chi connectivity index (χ1v) is 33.9. The van der Waals surface area contributed by atoms with Crippen LogP contribution in [0.2, 0.25) is 0 Å². The fourth-order valence-electron chi connectivity index (χ4n) is 5.32. The molecule has 27 heteroatoms. The number of carbonyl (C=O) groups is 3. The fourth-order valence-corrected chi connectivity index (χ4v) is 10.3. The summed E-state index contributed by atoms with van der Waals surface area (Å²) in [5.74, 6) is -0.833. The second kappa shape index (κ2) is 52.1. The normalized spacial score (nSPS) is 8.90. The van der Waals surface area contributed by atoms with Crippen molar-refractivity contribution in [3.05, 3.63) is 206 Å². The second-order valence-electron chi connectivity index (χ2n) is 16.0. The number of amides is 1. The van der Waals surface area contributed by atoms with E-state index in [1.165, 1.54) is 37.6 Å². The van der Waals surface area contributed by atoms with Crippen LogP contribution in [0.1, 0.15) is 45.9 Å². The Morgan fingerprint density at radius 3 is 1.45 bits per heavy atom. The Labute approximate surface area is 583 Å². The Balaban J connectivity index is -0.000000281. The number of nitrogen functional groups attached to an aromatic ring is 3. The number of halogens is 7. The maximum atomic E-state index is 10.1.